The topological polar surface area (TPSA) is 37.8 Å². The third-order valence-corrected chi connectivity index (χ3v) is 4.28. The van der Waals surface area contributed by atoms with E-state index in [1.165, 1.54) is 4.21 Å². The lowest BCUT2D eigenvalue weighted by Crippen LogP contribution is -2.05. The van der Waals surface area contributed by atoms with Crippen molar-refractivity contribution >= 4 is 28.9 Å². The molecule has 2 rings (SSSR count). The van der Waals surface area contributed by atoms with E-state index >= 15 is 0 Å². The zero-order chi connectivity index (χ0) is 12.8. The predicted octanol–water partition coefficient (Wildman–Crippen LogP) is 4.07. The molecular weight excluding hydrogens is 262 g/mol. The van der Waals surface area contributed by atoms with E-state index in [0.717, 1.165) is 36.1 Å². The summed E-state index contributed by atoms with van der Waals surface area (Å²) in [7, 11) is 0. The van der Waals surface area contributed by atoms with E-state index in [1.54, 1.807) is 23.1 Å². The first-order chi connectivity index (χ1) is 8.81. The average Bonchev–Trinajstić information content (AvgIpc) is 2.89. The Balaban J connectivity index is 2.17. The highest BCUT2D eigenvalue weighted by Gasteiger charge is 2.05. The molecule has 0 fully saturated rings. The van der Waals surface area contributed by atoms with Crippen LogP contribution in [0, 0.1) is 0 Å². The van der Waals surface area contributed by atoms with Gasteiger partial charge >= 0.3 is 0 Å². The molecule has 0 unspecified atom stereocenters. The Hall–Kier alpha value is -1.07. The highest BCUT2D eigenvalue weighted by Crippen LogP contribution is 2.30. The molecule has 0 aliphatic heterocycles. The molecule has 2 aromatic heterocycles. The molecule has 2 heterocycles. The average molecular weight is 279 g/mol. The molecule has 18 heavy (non-hydrogen) atoms. The predicted molar refractivity (Wildman–Crippen MR) is 78.6 cm³/mol. The van der Waals surface area contributed by atoms with Gasteiger partial charge in [-0.3, -0.25) is 0 Å². The van der Waals surface area contributed by atoms with Crippen LogP contribution < -0.4 is 5.32 Å². The van der Waals surface area contributed by atoms with Gasteiger partial charge in [-0.25, -0.2) is 9.97 Å². The minimum absolute atomic E-state index is 0.861. The summed E-state index contributed by atoms with van der Waals surface area (Å²) in [6, 6.07) is 6.20. The molecule has 0 atom stereocenters. The van der Waals surface area contributed by atoms with Crippen LogP contribution in [0.25, 0.3) is 0 Å². The van der Waals surface area contributed by atoms with Crippen LogP contribution in [0.2, 0.25) is 0 Å². The zero-order valence-electron chi connectivity index (χ0n) is 10.6. The number of thiophene rings is 1. The lowest BCUT2D eigenvalue weighted by Gasteiger charge is -2.07. The summed E-state index contributed by atoms with van der Waals surface area (Å²) >= 11 is 3.44. The minimum atomic E-state index is 0.861. The van der Waals surface area contributed by atoms with Gasteiger partial charge in [0, 0.05) is 19.0 Å². The van der Waals surface area contributed by atoms with E-state index in [2.05, 4.69) is 46.6 Å². The molecule has 3 nitrogen and oxygen atoms in total. The molecule has 0 aliphatic rings. The number of aromatic nitrogens is 2. The Kier molecular flexibility index (Phi) is 5.01. The Labute approximate surface area is 116 Å². The summed E-state index contributed by atoms with van der Waals surface area (Å²) in [6.07, 6.45) is 1.96. The first kappa shape index (κ1) is 13.4. The van der Waals surface area contributed by atoms with E-state index in [4.69, 9.17) is 0 Å². The van der Waals surface area contributed by atoms with Gasteiger partial charge in [0.25, 0.3) is 0 Å². The Bertz CT molecular complexity index is 483. The molecule has 0 saturated heterocycles. The number of hydrogen-bond acceptors (Lipinski definition) is 5. The SMILES string of the molecule is CCCNc1cc(Sc2cccs2)nc(CC)n1. The van der Waals surface area contributed by atoms with Crippen LogP contribution >= 0.6 is 23.1 Å². The van der Waals surface area contributed by atoms with Crippen LogP contribution in [0.4, 0.5) is 5.82 Å². The summed E-state index contributed by atoms with van der Waals surface area (Å²) in [5.74, 6) is 1.83. The standard InChI is InChI=1S/C13H17N3S2/c1-3-7-14-11-9-12(16-10(4-2)15-11)18-13-6-5-8-17-13/h5-6,8-9H,3-4,7H2,1-2H3,(H,14,15,16). The fourth-order valence-electron chi connectivity index (χ4n) is 1.45. The van der Waals surface area contributed by atoms with Crippen LogP contribution in [-0.4, -0.2) is 16.5 Å². The molecule has 0 spiro atoms. The van der Waals surface area contributed by atoms with Crippen LogP contribution in [0.15, 0.2) is 32.8 Å². The number of aryl methyl sites for hydroxylation is 1. The largest absolute Gasteiger partial charge is 0.370 e. The fraction of sp³-hybridized carbons (Fsp3) is 0.385. The summed E-state index contributed by atoms with van der Waals surface area (Å²) < 4.78 is 1.26. The van der Waals surface area contributed by atoms with Gasteiger partial charge in [-0.15, -0.1) is 11.3 Å². The van der Waals surface area contributed by atoms with Gasteiger partial charge in [-0.05, 0) is 17.9 Å². The summed E-state index contributed by atoms with van der Waals surface area (Å²) in [6.45, 7) is 5.18. The van der Waals surface area contributed by atoms with Crippen LogP contribution in [-0.2, 0) is 6.42 Å². The normalized spacial score (nSPS) is 10.6. The first-order valence-corrected chi connectivity index (χ1v) is 7.84. The van der Waals surface area contributed by atoms with E-state index in [9.17, 15) is 0 Å². The molecule has 0 saturated carbocycles. The van der Waals surface area contributed by atoms with Crippen LogP contribution in [0.5, 0.6) is 0 Å². The highest BCUT2D eigenvalue weighted by molar-refractivity contribution is 8.01. The van der Waals surface area contributed by atoms with Crippen molar-refractivity contribution in [3.63, 3.8) is 0 Å². The molecule has 0 aliphatic carbocycles. The van der Waals surface area contributed by atoms with Crippen molar-refractivity contribution in [3.05, 3.63) is 29.4 Å². The van der Waals surface area contributed by atoms with E-state index in [0.29, 0.717) is 0 Å². The molecule has 2 aromatic rings. The number of anilines is 1. The lowest BCUT2D eigenvalue weighted by molar-refractivity contribution is 0.878. The van der Waals surface area contributed by atoms with Crippen molar-refractivity contribution < 1.29 is 0 Å². The molecule has 5 heteroatoms. The van der Waals surface area contributed by atoms with Crippen LogP contribution in [0.1, 0.15) is 26.1 Å². The number of nitrogens with zero attached hydrogens (tertiary/aromatic N) is 2. The number of hydrogen-bond donors (Lipinski definition) is 1. The second-order valence-corrected chi connectivity index (χ2v) is 6.09. The second-order valence-electron chi connectivity index (χ2n) is 3.82. The molecule has 0 bridgehead atoms. The maximum atomic E-state index is 4.55. The molecule has 1 N–H and O–H groups in total. The van der Waals surface area contributed by atoms with Crippen molar-refractivity contribution in [2.24, 2.45) is 0 Å². The Morgan fingerprint density at radius 1 is 1.33 bits per heavy atom. The van der Waals surface area contributed by atoms with E-state index < -0.39 is 0 Å². The summed E-state index contributed by atoms with van der Waals surface area (Å²) in [5, 5.41) is 6.43. The maximum Gasteiger partial charge on any atom is 0.131 e. The third-order valence-electron chi connectivity index (χ3n) is 2.32. The lowest BCUT2D eigenvalue weighted by atomic mass is 10.4. The number of rotatable bonds is 6. The van der Waals surface area contributed by atoms with Crippen molar-refractivity contribution in [3.8, 4) is 0 Å². The highest BCUT2D eigenvalue weighted by atomic mass is 32.2. The molecular formula is C13H17N3S2. The third kappa shape index (κ3) is 3.71. The molecule has 0 aromatic carbocycles. The second kappa shape index (κ2) is 6.75. The smallest absolute Gasteiger partial charge is 0.131 e. The van der Waals surface area contributed by atoms with Gasteiger partial charge in [-0.1, -0.05) is 31.7 Å². The van der Waals surface area contributed by atoms with E-state index in [1.807, 2.05) is 6.07 Å². The summed E-state index contributed by atoms with van der Waals surface area (Å²) in [4.78, 5) is 9.04. The Morgan fingerprint density at radius 3 is 2.89 bits per heavy atom. The molecule has 0 amide bonds. The van der Waals surface area contributed by atoms with Crippen LogP contribution in [0.3, 0.4) is 0 Å². The monoisotopic (exact) mass is 279 g/mol. The van der Waals surface area contributed by atoms with Gasteiger partial charge in [0.2, 0.25) is 0 Å². The number of nitrogens with one attached hydrogen (secondary N) is 1. The fourth-order valence-corrected chi connectivity index (χ4v) is 3.19. The minimum Gasteiger partial charge on any atom is -0.370 e. The maximum absolute atomic E-state index is 4.55. The van der Waals surface area contributed by atoms with E-state index in [-0.39, 0.29) is 0 Å². The van der Waals surface area contributed by atoms with Crippen molar-refractivity contribution in [2.45, 2.75) is 35.9 Å². The van der Waals surface area contributed by atoms with Gasteiger partial charge in [0.05, 0.1) is 4.21 Å². The quantitative estimate of drug-likeness (QED) is 0.809. The van der Waals surface area contributed by atoms with Crippen molar-refractivity contribution in [1.82, 2.24) is 9.97 Å². The van der Waals surface area contributed by atoms with Gasteiger partial charge in [0.15, 0.2) is 0 Å². The molecule has 96 valence electrons. The Morgan fingerprint density at radius 2 is 2.22 bits per heavy atom. The summed E-state index contributed by atoms with van der Waals surface area (Å²) in [5.41, 5.74) is 0. The van der Waals surface area contributed by atoms with Crippen molar-refractivity contribution in [1.29, 1.82) is 0 Å². The van der Waals surface area contributed by atoms with Gasteiger partial charge in [0.1, 0.15) is 16.7 Å². The van der Waals surface area contributed by atoms with Gasteiger partial charge in [-0.2, -0.15) is 0 Å². The molecule has 0 radical (unpaired) electrons. The first-order valence-electron chi connectivity index (χ1n) is 6.15. The zero-order valence-corrected chi connectivity index (χ0v) is 12.3. The van der Waals surface area contributed by atoms with Gasteiger partial charge < -0.3 is 5.32 Å². The van der Waals surface area contributed by atoms with Crippen molar-refractivity contribution in [2.75, 3.05) is 11.9 Å².